The van der Waals surface area contributed by atoms with Gasteiger partial charge in [0.25, 0.3) is 0 Å². The zero-order valence-corrected chi connectivity index (χ0v) is 7.42. The second-order valence-corrected chi connectivity index (χ2v) is 4.25. The van der Waals surface area contributed by atoms with E-state index in [2.05, 4.69) is 6.92 Å². The van der Waals surface area contributed by atoms with Crippen LogP contribution in [0.4, 0.5) is 0 Å². The van der Waals surface area contributed by atoms with Gasteiger partial charge in [0.2, 0.25) is 5.91 Å². The Kier molecular flexibility index (Phi) is 1.65. The molecule has 1 aliphatic carbocycles. The predicted octanol–water partition coefficient (Wildman–Crippen LogP) is 0.380. The Balaban J connectivity index is 2.04. The van der Waals surface area contributed by atoms with Gasteiger partial charge in [-0.25, -0.2) is 0 Å². The number of hydrogen-bond donors (Lipinski definition) is 1. The fourth-order valence-electron chi connectivity index (χ4n) is 1.88. The number of rotatable bonds is 2. The molecule has 12 heavy (non-hydrogen) atoms. The Morgan fingerprint density at radius 1 is 1.67 bits per heavy atom. The van der Waals surface area contributed by atoms with Crippen LogP contribution < -0.4 is 0 Å². The van der Waals surface area contributed by atoms with Crippen molar-refractivity contribution in [3.8, 4) is 0 Å². The molecule has 0 aromatic rings. The molecular formula is C9H15NO2. The van der Waals surface area contributed by atoms with Crippen LogP contribution in [0.3, 0.4) is 0 Å². The molecule has 0 aromatic carbocycles. The highest BCUT2D eigenvalue weighted by atomic mass is 16.3. The quantitative estimate of drug-likeness (QED) is 0.649. The van der Waals surface area contributed by atoms with E-state index in [1.54, 1.807) is 0 Å². The van der Waals surface area contributed by atoms with Crippen molar-refractivity contribution in [3.63, 3.8) is 0 Å². The average Bonchev–Trinajstić information content (AvgIpc) is 2.64. The van der Waals surface area contributed by atoms with E-state index in [1.807, 2.05) is 4.90 Å². The van der Waals surface area contributed by atoms with Crippen molar-refractivity contribution >= 4 is 5.91 Å². The molecule has 0 bridgehead atoms. The molecule has 0 radical (unpaired) electrons. The van der Waals surface area contributed by atoms with Crippen LogP contribution in [0.15, 0.2) is 0 Å². The van der Waals surface area contributed by atoms with Crippen LogP contribution in [0.2, 0.25) is 0 Å². The highest BCUT2D eigenvalue weighted by Gasteiger charge is 2.48. The summed E-state index contributed by atoms with van der Waals surface area (Å²) in [5.74, 6) is 0.420. The van der Waals surface area contributed by atoms with Crippen molar-refractivity contribution in [2.45, 2.75) is 31.7 Å². The van der Waals surface area contributed by atoms with Gasteiger partial charge in [-0.05, 0) is 19.8 Å². The van der Waals surface area contributed by atoms with Gasteiger partial charge in [0.05, 0.1) is 0 Å². The van der Waals surface area contributed by atoms with Gasteiger partial charge in [0.1, 0.15) is 0 Å². The van der Waals surface area contributed by atoms with Gasteiger partial charge in [0, 0.05) is 31.0 Å². The predicted molar refractivity (Wildman–Crippen MR) is 44.5 cm³/mol. The third kappa shape index (κ3) is 1.12. The third-order valence-electron chi connectivity index (χ3n) is 3.09. The highest BCUT2D eigenvalue weighted by molar-refractivity contribution is 5.80. The van der Waals surface area contributed by atoms with Crippen molar-refractivity contribution in [1.82, 2.24) is 4.90 Å². The zero-order valence-electron chi connectivity index (χ0n) is 7.42. The molecule has 1 atom stereocenters. The Morgan fingerprint density at radius 3 is 2.75 bits per heavy atom. The number of nitrogens with zero attached hydrogens (tertiary/aromatic N) is 1. The van der Waals surface area contributed by atoms with Crippen molar-refractivity contribution in [3.05, 3.63) is 0 Å². The molecule has 1 amide bonds. The van der Waals surface area contributed by atoms with Gasteiger partial charge in [0.15, 0.2) is 0 Å². The smallest absolute Gasteiger partial charge is 0.223 e. The molecular weight excluding hydrogens is 154 g/mol. The molecule has 1 unspecified atom stereocenters. The molecule has 1 heterocycles. The second kappa shape index (κ2) is 2.46. The van der Waals surface area contributed by atoms with Crippen LogP contribution in [-0.4, -0.2) is 34.6 Å². The monoisotopic (exact) mass is 169 g/mol. The molecule has 1 saturated carbocycles. The standard InChI is InChI=1S/C9H15NO2/c1-9(2-3-9)10-5-7(6-11)4-8(10)12/h7,11H,2-6H2,1H3. The van der Waals surface area contributed by atoms with Gasteiger partial charge < -0.3 is 10.0 Å². The number of likely N-dealkylation sites (tertiary alicyclic amines) is 1. The molecule has 1 aliphatic heterocycles. The molecule has 2 fully saturated rings. The van der Waals surface area contributed by atoms with Gasteiger partial charge >= 0.3 is 0 Å². The lowest BCUT2D eigenvalue weighted by Gasteiger charge is -2.23. The maximum Gasteiger partial charge on any atom is 0.223 e. The third-order valence-corrected chi connectivity index (χ3v) is 3.09. The van der Waals surface area contributed by atoms with Crippen LogP contribution in [0.25, 0.3) is 0 Å². The van der Waals surface area contributed by atoms with Crippen molar-refractivity contribution in [2.24, 2.45) is 5.92 Å². The summed E-state index contributed by atoms with van der Waals surface area (Å²) in [5.41, 5.74) is 0.154. The Morgan fingerprint density at radius 2 is 2.33 bits per heavy atom. The summed E-state index contributed by atoms with van der Waals surface area (Å²) in [6.45, 7) is 3.05. The minimum atomic E-state index is 0.151. The molecule has 0 spiro atoms. The van der Waals surface area contributed by atoms with E-state index in [1.165, 1.54) is 0 Å². The summed E-state index contributed by atoms with van der Waals surface area (Å²) in [6.07, 6.45) is 2.82. The largest absolute Gasteiger partial charge is 0.396 e. The first-order chi connectivity index (χ1) is 5.65. The van der Waals surface area contributed by atoms with Crippen molar-refractivity contribution in [2.75, 3.05) is 13.2 Å². The lowest BCUT2D eigenvalue weighted by molar-refractivity contribution is -0.130. The molecule has 1 N–H and O–H groups in total. The molecule has 0 aromatic heterocycles. The van der Waals surface area contributed by atoms with E-state index >= 15 is 0 Å². The number of aliphatic hydroxyl groups excluding tert-OH is 1. The van der Waals surface area contributed by atoms with Crippen LogP contribution in [-0.2, 0) is 4.79 Å². The maximum atomic E-state index is 11.4. The molecule has 1 saturated heterocycles. The number of hydrogen-bond acceptors (Lipinski definition) is 2. The van der Waals surface area contributed by atoms with E-state index in [-0.39, 0.29) is 24.0 Å². The minimum Gasteiger partial charge on any atom is -0.396 e. The summed E-state index contributed by atoms with van der Waals surface area (Å²) in [4.78, 5) is 13.4. The normalized spacial score (nSPS) is 32.7. The number of aliphatic hydroxyl groups is 1. The Hall–Kier alpha value is -0.570. The van der Waals surface area contributed by atoms with Crippen LogP contribution in [0.5, 0.6) is 0 Å². The zero-order chi connectivity index (χ0) is 8.77. The number of carbonyl (C=O) groups excluding carboxylic acids is 1. The fraction of sp³-hybridized carbons (Fsp3) is 0.889. The summed E-state index contributed by atoms with van der Waals surface area (Å²) < 4.78 is 0. The van der Waals surface area contributed by atoms with E-state index < -0.39 is 0 Å². The second-order valence-electron chi connectivity index (χ2n) is 4.25. The first kappa shape index (κ1) is 8.05. The molecule has 3 heteroatoms. The van der Waals surface area contributed by atoms with Crippen LogP contribution >= 0.6 is 0 Å². The van der Waals surface area contributed by atoms with Crippen molar-refractivity contribution < 1.29 is 9.90 Å². The van der Waals surface area contributed by atoms with Gasteiger partial charge in [-0.1, -0.05) is 0 Å². The first-order valence-corrected chi connectivity index (χ1v) is 4.57. The maximum absolute atomic E-state index is 11.4. The minimum absolute atomic E-state index is 0.151. The molecule has 3 nitrogen and oxygen atoms in total. The number of carbonyl (C=O) groups is 1. The highest BCUT2D eigenvalue weighted by Crippen LogP contribution is 2.43. The van der Waals surface area contributed by atoms with E-state index in [0.717, 1.165) is 19.4 Å². The van der Waals surface area contributed by atoms with Crippen LogP contribution in [0, 0.1) is 5.92 Å². The molecule has 2 aliphatic rings. The van der Waals surface area contributed by atoms with E-state index in [4.69, 9.17) is 5.11 Å². The lowest BCUT2D eigenvalue weighted by Crippen LogP contribution is -2.36. The van der Waals surface area contributed by atoms with E-state index in [0.29, 0.717) is 6.42 Å². The fourth-order valence-corrected chi connectivity index (χ4v) is 1.88. The summed E-state index contributed by atoms with van der Waals surface area (Å²) in [7, 11) is 0. The van der Waals surface area contributed by atoms with Gasteiger partial charge in [-0.15, -0.1) is 0 Å². The van der Waals surface area contributed by atoms with E-state index in [9.17, 15) is 4.79 Å². The van der Waals surface area contributed by atoms with Crippen molar-refractivity contribution in [1.29, 1.82) is 0 Å². The topological polar surface area (TPSA) is 40.5 Å². The lowest BCUT2D eigenvalue weighted by atomic mass is 10.1. The number of amides is 1. The first-order valence-electron chi connectivity index (χ1n) is 4.57. The summed E-state index contributed by atoms with van der Waals surface area (Å²) in [5, 5.41) is 8.91. The molecule has 68 valence electrons. The SMILES string of the molecule is CC1(N2CC(CO)CC2=O)CC1. The van der Waals surface area contributed by atoms with Gasteiger partial charge in [-0.2, -0.15) is 0 Å². The molecule has 2 rings (SSSR count). The van der Waals surface area contributed by atoms with Crippen LogP contribution in [0.1, 0.15) is 26.2 Å². The average molecular weight is 169 g/mol. The summed E-state index contributed by atoms with van der Waals surface area (Å²) in [6, 6.07) is 0. The van der Waals surface area contributed by atoms with Gasteiger partial charge in [-0.3, -0.25) is 4.79 Å². The Labute approximate surface area is 72.4 Å². The summed E-state index contributed by atoms with van der Waals surface area (Å²) >= 11 is 0. The Bertz CT molecular complexity index is 211.